The number of fused-ring (bicyclic) bond motifs is 1. The lowest BCUT2D eigenvalue weighted by molar-refractivity contribution is 0.102. The van der Waals surface area contributed by atoms with Gasteiger partial charge in [-0.15, -0.1) is 11.3 Å². The molecule has 0 bridgehead atoms. The van der Waals surface area contributed by atoms with Gasteiger partial charge >= 0.3 is 0 Å². The number of carbonyl (C=O) groups excluding carboxylic acids is 1. The van der Waals surface area contributed by atoms with E-state index < -0.39 is 0 Å². The summed E-state index contributed by atoms with van der Waals surface area (Å²) in [5.41, 5.74) is 11.5. The van der Waals surface area contributed by atoms with Gasteiger partial charge in [-0.1, -0.05) is 23.7 Å². The molecule has 0 saturated heterocycles. The molecule has 1 unspecified atom stereocenters. The molecule has 9 heteroatoms. The Labute approximate surface area is 212 Å². The van der Waals surface area contributed by atoms with Gasteiger partial charge in [-0.25, -0.2) is 9.97 Å². The highest BCUT2D eigenvalue weighted by Crippen LogP contribution is 2.38. The first kappa shape index (κ1) is 23.3. The fourth-order valence-corrected chi connectivity index (χ4v) is 5.64. The van der Waals surface area contributed by atoms with Gasteiger partial charge in [-0.05, 0) is 61.9 Å². The summed E-state index contributed by atoms with van der Waals surface area (Å²) in [7, 11) is 1.56. The van der Waals surface area contributed by atoms with Gasteiger partial charge in [-0.3, -0.25) is 15.1 Å². The van der Waals surface area contributed by atoms with Crippen molar-refractivity contribution in [1.82, 2.24) is 15.0 Å². The number of amides is 1. The van der Waals surface area contributed by atoms with Crippen LogP contribution < -0.4 is 15.8 Å². The van der Waals surface area contributed by atoms with E-state index in [1.807, 2.05) is 25.1 Å². The van der Waals surface area contributed by atoms with Gasteiger partial charge in [0.2, 0.25) is 0 Å². The monoisotopic (exact) mass is 505 g/mol. The highest BCUT2D eigenvalue weighted by molar-refractivity contribution is 7.15. The summed E-state index contributed by atoms with van der Waals surface area (Å²) in [6, 6.07) is 11.6. The maximum Gasteiger partial charge on any atom is 0.259 e. The molecule has 0 saturated carbocycles. The molecule has 178 valence electrons. The lowest BCUT2D eigenvalue weighted by Crippen LogP contribution is -2.14. The van der Waals surface area contributed by atoms with Crippen molar-refractivity contribution < 1.29 is 9.53 Å². The van der Waals surface area contributed by atoms with Crippen molar-refractivity contribution in [1.29, 1.82) is 0 Å². The van der Waals surface area contributed by atoms with E-state index in [1.165, 1.54) is 21.8 Å². The Balaban J connectivity index is 1.40. The molecule has 1 aliphatic carbocycles. The molecule has 1 aromatic carbocycles. The molecule has 3 N–H and O–H groups in total. The number of anilines is 2. The number of nitrogen functional groups attached to an aromatic ring is 1. The minimum absolute atomic E-state index is 0.288. The van der Waals surface area contributed by atoms with Crippen LogP contribution in [0.3, 0.4) is 0 Å². The average molecular weight is 506 g/mol. The highest BCUT2D eigenvalue weighted by atomic mass is 35.5. The van der Waals surface area contributed by atoms with Crippen LogP contribution >= 0.6 is 22.9 Å². The first-order valence-corrected chi connectivity index (χ1v) is 12.4. The van der Waals surface area contributed by atoms with E-state index in [0.29, 0.717) is 38.6 Å². The number of methoxy groups -OCH3 is 1. The van der Waals surface area contributed by atoms with E-state index in [2.05, 4.69) is 27.4 Å². The SMILES string of the molecule is COc1cnc(Cl)cc1-c1cc(C)ncc1C(=O)Nc1nc2c(s1)CC(c1ccc(N)cc1)CC2. The van der Waals surface area contributed by atoms with E-state index >= 15 is 0 Å². The molecule has 0 radical (unpaired) electrons. The molecule has 3 aromatic heterocycles. The van der Waals surface area contributed by atoms with Gasteiger partial charge in [0.15, 0.2) is 5.13 Å². The van der Waals surface area contributed by atoms with Gasteiger partial charge in [0.25, 0.3) is 5.91 Å². The van der Waals surface area contributed by atoms with Crippen LogP contribution in [0.5, 0.6) is 5.75 Å². The Hall–Kier alpha value is -3.49. The van der Waals surface area contributed by atoms with Crippen LogP contribution in [0.2, 0.25) is 5.15 Å². The quantitative estimate of drug-likeness (QED) is 0.267. The summed E-state index contributed by atoms with van der Waals surface area (Å²) in [6.07, 6.45) is 5.90. The molecular weight excluding hydrogens is 482 g/mol. The minimum Gasteiger partial charge on any atom is -0.494 e. The number of rotatable bonds is 5. The summed E-state index contributed by atoms with van der Waals surface area (Å²) in [5, 5.41) is 3.88. The zero-order chi connectivity index (χ0) is 24.5. The number of thiazole rings is 1. The van der Waals surface area contributed by atoms with Crippen molar-refractivity contribution >= 4 is 39.7 Å². The van der Waals surface area contributed by atoms with Crippen molar-refractivity contribution in [3.05, 3.63) is 81.3 Å². The standard InChI is InChI=1S/C26H24ClN5O2S/c1-14-9-18(19-11-24(27)30-13-22(19)34-2)20(12-29-14)25(33)32-26-31-21-8-5-16(10-23(21)35-26)15-3-6-17(28)7-4-15/h3-4,6-7,9,11-13,16H,5,8,10,28H2,1-2H3,(H,31,32,33). The molecule has 1 aliphatic rings. The van der Waals surface area contributed by atoms with E-state index in [9.17, 15) is 4.79 Å². The number of nitrogens with one attached hydrogen (secondary N) is 1. The normalized spacial score (nSPS) is 14.9. The van der Waals surface area contributed by atoms with E-state index in [1.54, 1.807) is 25.6 Å². The Morgan fingerprint density at radius 1 is 1.17 bits per heavy atom. The number of hydrogen-bond acceptors (Lipinski definition) is 7. The number of benzene rings is 1. The molecule has 1 amide bonds. The summed E-state index contributed by atoms with van der Waals surface area (Å²) in [6.45, 7) is 1.87. The molecule has 5 rings (SSSR count). The zero-order valence-electron chi connectivity index (χ0n) is 19.3. The second-order valence-corrected chi connectivity index (χ2v) is 10.00. The molecule has 0 fully saturated rings. The number of nitrogens with zero attached hydrogens (tertiary/aromatic N) is 3. The van der Waals surface area contributed by atoms with Gasteiger partial charge in [0.05, 0.1) is 24.6 Å². The Morgan fingerprint density at radius 3 is 2.74 bits per heavy atom. The lowest BCUT2D eigenvalue weighted by atomic mass is 9.85. The Kier molecular flexibility index (Phi) is 6.40. The molecule has 7 nitrogen and oxygen atoms in total. The molecule has 4 aromatic rings. The lowest BCUT2D eigenvalue weighted by Gasteiger charge is -2.21. The van der Waals surface area contributed by atoms with Crippen LogP contribution in [0.15, 0.2) is 48.8 Å². The van der Waals surface area contributed by atoms with Gasteiger partial charge < -0.3 is 10.5 Å². The average Bonchev–Trinajstić information content (AvgIpc) is 3.25. The fraction of sp³-hybridized carbons (Fsp3) is 0.231. The minimum atomic E-state index is -0.288. The van der Waals surface area contributed by atoms with Crippen LogP contribution in [-0.4, -0.2) is 28.0 Å². The number of aromatic nitrogens is 3. The summed E-state index contributed by atoms with van der Waals surface area (Å²) in [4.78, 5) is 27.7. The number of carbonyl (C=O) groups is 1. The summed E-state index contributed by atoms with van der Waals surface area (Å²) < 4.78 is 5.47. The van der Waals surface area contributed by atoms with E-state index in [4.69, 9.17) is 27.1 Å². The van der Waals surface area contributed by atoms with Crippen LogP contribution in [0.1, 0.15) is 44.5 Å². The van der Waals surface area contributed by atoms with Crippen molar-refractivity contribution in [3.8, 4) is 16.9 Å². The van der Waals surface area contributed by atoms with Crippen molar-refractivity contribution in [3.63, 3.8) is 0 Å². The predicted octanol–water partition coefficient (Wildman–Crippen LogP) is 5.68. The Morgan fingerprint density at radius 2 is 1.97 bits per heavy atom. The number of pyridine rings is 2. The number of hydrogen-bond donors (Lipinski definition) is 2. The maximum atomic E-state index is 13.3. The third-order valence-electron chi connectivity index (χ3n) is 6.20. The maximum absolute atomic E-state index is 13.3. The molecule has 0 aliphatic heterocycles. The van der Waals surface area contributed by atoms with E-state index in [-0.39, 0.29) is 5.91 Å². The van der Waals surface area contributed by atoms with E-state index in [0.717, 1.165) is 36.3 Å². The summed E-state index contributed by atoms with van der Waals surface area (Å²) in [5.74, 6) is 0.653. The van der Waals surface area contributed by atoms with Gasteiger partial charge in [0, 0.05) is 33.6 Å². The van der Waals surface area contributed by atoms with Crippen LogP contribution in [0.4, 0.5) is 10.8 Å². The first-order valence-electron chi connectivity index (χ1n) is 11.2. The smallest absolute Gasteiger partial charge is 0.259 e. The topological polar surface area (TPSA) is 103 Å². The predicted molar refractivity (Wildman–Crippen MR) is 139 cm³/mol. The van der Waals surface area contributed by atoms with Crippen LogP contribution in [0.25, 0.3) is 11.1 Å². The largest absolute Gasteiger partial charge is 0.494 e. The summed E-state index contributed by atoms with van der Waals surface area (Å²) >= 11 is 7.68. The second kappa shape index (κ2) is 9.64. The molecule has 35 heavy (non-hydrogen) atoms. The first-order chi connectivity index (χ1) is 16.9. The molecular formula is C26H24ClN5O2S. The van der Waals surface area contributed by atoms with Crippen LogP contribution in [-0.2, 0) is 12.8 Å². The number of nitrogens with two attached hydrogens (primary N) is 1. The van der Waals surface area contributed by atoms with Crippen molar-refractivity contribution in [2.24, 2.45) is 0 Å². The van der Waals surface area contributed by atoms with Crippen molar-refractivity contribution in [2.75, 3.05) is 18.2 Å². The Bertz CT molecular complexity index is 1400. The third-order valence-corrected chi connectivity index (χ3v) is 7.44. The molecule has 1 atom stereocenters. The number of halogens is 1. The fourth-order valence-electron chi connectivity index (χ4n) is 4.40. The third kappa shape index (κ3) is 4.85. The molecule has 3 heterocycles. The van der Waals surface area contributed by atoms with Gasteiger partial charge in [0.1, 0.15) is 10.9 Å². The highest BCUT2D eigenvalue weighted by Gasteiger charge is 2.25. The zero-order valence-corrected chi connectivity index (χ0v) is 20.9. The van der Waals surface area contributed by atoms with Crippen LogP contribution in [0, 0.1) is 6.92 Å². The molecule has 0 spiro atoms. The van der Waals surface area contributed by atoms with Crippen molar-refractivity contribution in [2.45, 2.75) is 32.1 Å². The number of aryl methyl sites for hydroxylation is 2. The van der Waals surface area contributed by atoms with Gasteiger partial charge in [-0.2, -0.15) is 0 Å². The second-order valence-electron chi connectivity index (χ2n) is 8.53. The number of ether oxygens (including phenoxy) is 1.